The van der Waals surface area contributed by atoms with Gasteiger partial charge in [0.05, 0.1) is 11.6 Å². The van der Waals surface area contributed by atoms with Crippen molar-refractivity contribution in [1.29, 1.82) is 0 Å². The van der Waals surface area contributed by atoms with E-state index in [1.54, 1.807) is 11.3 Å². The first-order chi connectivity index (χ1) is 8.12. The molecule has 2 atom stereocenters. The Kier molecular flexibility index (Phi) is 3.84. The molecule has 94 valence electrons. The minimum Gasteiger partial charge on any atom is -0.348 e. The second-order valence-electron chi connectivity index (χ2n) is 4.97. The number of thiophene rings is 1. The quantitative estimate of drug-likeness (QED) is 0.867. The molecule has 1 aliphatic rings. The van der Waals surface area contributed by atoms with Crippen molar-refractivity contribution in [3.8, 4) is 0 Å². The van der Waals surface area contributed by atoms with Crippen LogP contribution in [-0.4, -0.2) is 18.0 Å². The van der Waals surface area contributed by atoms with Crippen LogP contribution in [0.5, 0.6) is 0 Å². The molecule has 0 radical (unpaired) electrons. The smallest absolute Gasteiger partial charge is 0.240 e. The van der Waals surface area contributed by atoms with Gasteiger partial charge in [-0.1, -0.05) is 0 Å². The Balaban J connectivity index is 1.96. The van der Waals surface area contributed by atoms with Crippen LogP contribution in [0.1, 0.15) is 44.7 Å². The van der Waals surface area contributed by atoms with Crippen molar-refractivity contribution in [2.24, 2.45) is 0 Å². The average Bonchev–Trinajstić information content (AvgIpc) is 2.83. The van der Waals surface area contributed by atoms with Gasteiger partial charge in [0.25, 0.3) is 0 Å². The zero-order valence-electron chi connectivity index (χ0n) is 10.5. The van der Waals surface area contributed by atoms with Gasteiger partial charge in [-0.3, -0.25) is 4.79 Å². The number of amides is 1. The number of hydrogen-bond donors (Lipinski definition) is 2. The SMILES string of the molecule is CC(NC(=O)C1(C)CCCCN1)c1ccsc1. The van der Waals surface area contributed by atoms with Crippen LogP contribution in [0.2, 0.25) is 0 Å². The Morgan fingerprint density at radius 2 is 2.41 bits per heavy atom. The van der Waals surface area contributed by atoms with E-state index in [0.29, 0.717) is 0 Å². The number of rotatable bonds is 3. The highest BCUT2D eigenvalue weighted by molar-refractivity contribution is 7.07. The molecule has 2 heterocycles. The molecule has 2 N–H and O–H groups in total. The van der Waals surface area contributed by atoms with Gasteiger partial charge in [-0.2, -0.15) is 11.3 Å². The Labute approximate surface area is 107 Å². The summed E-state index contributed by atoms with van der Waals surface area (Å²) in [6, 6.07) is 2.15. The molecule has 1 aromatic heterocycles. The first-order valence-corrected chi connectivity index (χ1v) is 7.14. The lowest BCUT2D eigenvalue weighted by Crippen LogP contribution is -2.57. The van der Waals surface area contributed by atoms with Crippen molar-refractivity contribution < 1.29 is 4.79 Å². The van der Waals surface area contributed by atoms with E-state index >= 15 is 0 Å². The fourth-order valence-corrected chi connectivity index (χ4v) is 2.96. The van der Waals surface area contributed by atoms with Crippen molar-refractivity contribution in [2.45, 2.75) is 44.7 Å². The van der Waals surface area contributed by atoms with Crippen LogP contribution in [0, 0.1) is 0 Å². The largest absolute Gasteiger partial charge is 0.348 e. The van der Waals surface area contributed by atoms with Gasteiger partial charge in [0.15, 0.2) is 0 Å². The standard InChI is InChI=1S/C13H20N2OS/c1-10(11-5-8-17-9-11)15-12(16)13(2)6-3-4-7-14-13/h5,8-10,14H,3-4,6-7H2,1-2H3,(H,15,16). The maximum Gasteiger partial charge on any atom is 0.240 e. The number of hydrogen-bond acceptors (Lipinski definition) is 3. The van der Waals surface area contributed by atoms with Crippen LogP contribution in [0.4, 0.5) is 0 Å². The molecule has 1 saturated heterocycles. The summed E-state index contributed by atoms with van der Waals surface area (Å²) in [7, 11) is 0. The monoisotopic (exact) mass is 252 g/mol. The van der Waals surface area contributed by atoms with Crippen molar-refractivity contribution >= 4 is 17.2 Å². The number of nitrogens with one attached hydrogen (secondary N) is 2. The molecule has 0 aromatic carbocycles. The molecule has 3 nitrogen and oxygen atoms in total. The second-order valence-corrected chi connectivity index (χ2v) is 5.75. The Morgan fingerprint density at radius 1 is 1.59 bits per heavy atom. The molecule has 1 fully saturated rings. The molecule has 1 aromatic rings. The summed E-state index contributed by atoms with van der Waals surface area (Å²) in [5.41, 5.74) is 0.797. The molecule has 0 saturated carbocycles. The van der Waals surface area contributed by atoms with Crippen molar-refractivity contribution in [2.75, 3.05) is 6.54 Å². The molecule has 0 aliphatic carbocycles. The minimum atomic E-state index is -0.386. The predicted octanol–water partition coefficient (Wildman–Crippen LogP) is 2.46. The third-order valence-electron chi connectivity index (χ3n) is 3.51. The lowest BCUT2D eigenvalue weighted by Gasteiger charge is -2.34. The van der Waals surface area contributed by atoms with E-state index in [0.717, 1.165) is 19.4 Å². The highest BCUT2D eigenvalue weighted by Gasteiger charge is 2.34. The van der Waals surface area contributed by atoms with Gasteiger partial charge in [0.1, 0.15) is 0 Å². The molecule has 2 rings (SSSR count). The van der Waals surface area contributed by atoms with Crippen LogP contribution >= 0.6 is 11.3 Å². The molecule has 1 amide bonds. The molecule has 2 unspecified atom stereocenters. The van der Waals surface area contributed by atoms with Gasteiger partial charge in [-0.15, -0.1) is 0 Å². The lowest BCUT2D eigenvalue weighted by molar-refractivity contribution is -0.128. The van der Waals surface area contributed by atoms with Crippen LogP contribution in [-0.2, 0) is 4.79 Å². The molecule has 0 bridgehead atoms. The summed E-state index contributed by atoms with van der Waals surface area (Å²) in [5, 5.41) is 10.6. The van der Waals surface area contributed by atoms with Crippen LogP contribution < -0.4 is 10.6 Å². The summed E-state index contributed by atoms with van der Waals surface area (Å²) in [6.07, 6.45) is 3.22. The maximum atomic E-state index is 12.3. The summed E-state index contributed by atoms with van der Waals surface area (Å²) in [5.74, 6) is 0.121. The highest BCUT2D eigenvalue weighted by atomic mass is 32.1. The Hall–Kier alpha value is -0.870. The van der Waals surface area contributed by atoms with Crippen molar-refractivity contribution in [3.05, 3.63) is 22.4 Å². The summed E-state index contributed by atoms with van der Waals surface area (Å²) in [4.78, 5) is 12.3. The zero-order chi connectivity index (χ0) is 12.3. The van der Waals surface area contributed by atoms with Gasteiger partial charge >= 0.3 is 0 Å². The lowest BCUT2D eigenvalue weighted by atomic mass is 9.89. The predicted molar refractivity (Wildman–Crippen MR) is 71.1 cm³/mol. The van der Waals surface area contributed by atoms with Crippen LogP contribution in [0.25, 0.3) is 0 Å². The minimum absolute atomic E-state index is 0.0919. The number of carbonyl (C=O) groups is 1. The van der Waals surface area contributed by atoms with Crippen molar-refractivity contribution in [3.63, 3.8) is 0 Å². The van der Waals surface area contributed by atoms with E-state index in [2.05, 4.69) is 22.1 Å². The highest BCUT2D eigenvalue weighted by Crippen LogP contribution is 2.21. The third kappa shape index (κ3) is 2.87. The molecule has 17 heavy (non-hydrogen) atoms. The van der Waals surface area contributed by atoms with E-state index in [4.69, 9.17) is 0 Å². The first kappa shape index (κ1) is 12.6. The summed E-state index contributed by atoms with van der Waals surface area (Å²) in [6.45, 7) is 4.98. The van der Waals surface area contributed by atoms with Crippen LogP contribution in [0.15, 0.2) is 16.8 Å². The van der Waals surface area contributed by atoms with Gasteiger partial charge < -0.3 is 10.6 Å². The van der Waals surface area contributed by atoms with E-state index in [1.165, 1.54) is 12.0 Å². The molecular weight excluding hydrogens is 232 g/mol. The number of piperidine rings is 1. The zero-order valence-corrected chi connectivity index (χ0v) is 11.3. The molecule has 1 aliphatic heterocycles. The van der Waals surface area contributed by atoms with Gasteiger partial charge in [-0.05, 0) is 62.0 Å². The van der Waals surface area contributed by atoms with Gasteiger partial charge in [0, 0.05) is 0 Å². The molecular formula is C13H20N2OS. The topological polar surface area (TPSA) is 41.1 Å². The fraction of sp³-hybridized carbons (Fsp3) is 0.615. The second kappa shape index (κ2) is 5.19. The van der Waals surface area contributed by atoms with Gasteiger partial charge in [-0.25, -0.2) is 0 Å². The Morgan fingerprint density at radius 3 is 3.00 bits per heavy atom. The molecule has 4 heteroatoms. The summed E-state index contributed by atoms with van der Waals surface area (Å²) >= 11 is 1.66. The maximum absolute atomic E-state index is 12.3. The number of carbonyl (C=O) groups excluding carboxylic acids is 1. The average molecular weight is 252 g/mol. The van der Waals surface area contributed by atoms with Gasteiger partial charge in [0.2, 0.25) is 5.91 Å². The first-order valence-electron chi connectivity index (χ1n) is 6.20. The van der Waals surface area contributed by atoms with E-state index in [1.807, 2.05) is 19.2 Å². The van der Waals surface area contributed by atoms with E-state index in [-0.39, 0.29) is 17.5 Å². The Bertz CT molecular complexity index is 369. The fourth-order valence-electron chi connectivity index (χ4n) is 2.21. The summed E-state index contributed by atoms with van der Waals surface area (Å²) < 4.78 is 0. The molecule has 0 spiro atoms. The third-order valence-corrected chi connectivity index (χ3v) is 4.21. The van der Waals surface area contributed by atoms with Crippen LogP contribution in [0.3, 0.4) is 0 Å². The van der Waals surface area contributed by atoms with E-state index in [9.17, 15) is 4.79 Å². The van der Waals surface area contributed by atoms with Crippen molar-refractivity contribution in [1.82, 2.24) is 10.6 Å². The normalized spacial score (nSPS) is 26.5. The van der Waals surface area contributed by atoms with E-state index < -0.39 is 0 Å².